The molecule has 2 aromatic rings. The Kier molecular flexibility index (Phi) is 5.47. The van der Waals surface area contributed by atoms with Gasteiger partial charge in [-0.3, -0.25) is 0 Å². The zero-order valence-electron chi connectivity index (χ0n) is 11.8. The summed E-state index contributed by atoms with van der Waals surface area (Å²) >= 11 is 12.3. The van der Waals surface area contributed by atoms with Gasteiger partial charge in [-0.1, -0.05) is 60.5 Å². The summed E-state index contributed by atoms with van der Waals surface area (Å²) in [6.45, 7) is 4.97. The minimum Gasteiger partial charge on any atom is -0.306 e. The van der Waals surface area contributed by atoms with Crippen molar-refractivity contribution in [1.29, 1.82) is 0 Å². The molecule has 2 aromatic carbocycles. The third kappa shape index (κ3) is 3.76. The van der Waals surface area contributed by atoms with Crippen LogP contribution in [0.5, 0.6) is 0 Å². The summed E-state index contributed by atoms with van der Waals surface area (Å²) in [5.41, 5.74) is 3.58. The van der Waals surface area contributed by atoms with E-state index in [1.165, 1.54) is 11.1 Å². The van der Waals surface area contributed by atoms with Crippen LogP contribution < -0.4 is 5.32 Å². The van der Waals surface area contributed by atoms with E-state index in [-0.39, 0.29) is 6.04 Å². The minimum absolute atomic E-state index is 0.258. The van der Waals surface area contributed by atoms with Crippen LogP contribution in [0.3, 0.4) is 0 Å². The fourth-order valence-electron chi connectivity index (χ4n) is 2.12. The lowest BCUT2D eigenvalue weighted by molar-refractivity contribution is 0.575. The molecule has 0 spiro atoms. The summed E-state index contributed by atoms with van der Waals surface area (Å²) in [4.78, 5) is 0. The van der Waals surface area contributed by atoms with E-state index in [1.54, 1.807) is 0 Å². The van der Waals surface area contributed by atoms with Gasteiger partial charge in [-0.15, -0.1) is 0 Å². The minimum atomic E-state index is 0.258. The number of aryl methyl sites for hydroxylation is 1. The van der Waals surface area contributed by atoms with Gasteiger partial charge >= 0.3 is 0 Å². The third-order valence-corrected chi connectivity index (χ3v) is 4.24. The maximum absolute atomic E-state index is 6.17. The molecule has 0 bridgehead atoms. The van der Waals surface area contributed by atoms with Crippen molar-refractivity contribution in [2.45, 2.75) is 32.9 Å². The molecule has 3 heteroatoms. The van der Waals surface area contributed by atoms with Gasteiger partial charge in [0.15, 0.2) is 0 Å². The summed E-state index contributed by atoms with van der Waals surface area (Å²) in [7, 11) is 0. The SMILES string of the molecule is CCc1ccc(C(C)NCc2c(Cl)cccc2Cl)cc1. The van der Waals surface area contributed by atoms with Crippen LogP contribution in [0.4, 0.5) is 0 Å². The van der Waals surface area contributed by atoms with E-state index in [0.717, 1.165) is 12.0 Å². The first-order valence-electron chi connectivity index (χ1n) is 6.87. The maximum atomic E-state index is 6.17. The standard InChI is InChI=1S/C17H19Cl2N/c1-3-13-7-9-14(10-8-13)12(2)20-11-15-16(18)5-4-6-17(15)19/h4-10,12,20H,3,11H2,1-2H3. The average Bonchev–Trinajstić information content (AvgIpc) is 2.46. The zero-order chi connectivity index (χ0) is 14.5. The van der Waals surface area contributed by atoms with Gasteiger partial charge in [0.25, 0.3) is 0 Å². The van der Waals surface area contributed by atoms with Crippen molar-refractivity contribution in [3.05, 3.63) is 69.2 Å². The topological polar surface area (TPSA) is 12.0 Å². The normalized spacial score (nSPS) is 12.4. The number of hydrogen-bond donors (Lipinski definition) is 1. The van der Waals surface area contributed by atoms with Crippen LogP contribution in [0.25, 0.3) is 0 Å². The summed E-state index contributed by atoms with van der Waals surface area (Å²) in [6, 6.07) is 14.5. The van der Waals surface area contributed by atoms with E-state index < -0.39 is 0 Å². The van der Waals surface area contributed by atoms with Crippen molar-refractivity contribution in [1.82, 2.24) is 5.32 Å². The molecule has 1 nitrogen and oxygen atoms in total. The van der Waals surface area contributed by atoms with Gasteiger partial charge in [0, 0.05) is 28.2 Å². The molecule has 20 heavy (non-hydrogen) atoms. The quantitative estimate of drug-likeness (QED) is 0.779. The van der Waals surface area contributed by atoms with E-state index in [4.69, 9.17) is 23.2 Å². The molecule has 0 aromatic heterocycles. The van der Waals surface area contributed by atoms with Gasteiger partial charge in [0.05, 0.1) is 0 Å². The highest BCUT2D eigenvalue weighted by molar-refractivity contribution is 6.35. The van der Waals surface area contributed by atoms with Gasteiger partial charge in [-0.2, -0.15) is 0 Å². The largest absolute Gasteiger partial charge is 0.306 e. The lowest BCUT2D eigenvalue weighted by Crippen LogP contribution is -2.18. The van der Waals surface area contributed by atoms with E-state index in [1.807, 2.05) is 18.2 Å². The molecule has 1 N–H and O–H groups in total. The van der Waals surface area contributed by atoms with E-state index in [9.17, 15) is 0 Å². The molecule has 0 aliphatic heterocycles. The first kappa shape index (κ1) is 15.4. The Hall–Kier alpha value is -1.02. The molecular formula is C17H19Cl2N. The first-order valence-corrected chi connectivity index (χ1v) is 7.62. The second kappa shape index (κ2) is 7.12. The molecule has 0 fully saturated rings. The Morgan fingerprint density at radius 2 is 1.60 bits per heavy atom. The monoisotopic (exact) mass is 307 g/mol. The van der Waals surface area contributed by atoms with Crippen LogP contribution in [0.1, 0.15) is 36.6 Å². The molecule has 0 aliphatic rings. The van der Waals surface area contributed by atoms with E-state index in [2.05, 4.69) is 43.4 Å². The zero-order valence-corrected chi connectivity index (χ0v) is 13.3. The number of nitrogens with one attached hydrogen (secondary N) is 1. The van der Waals surface area contributed by atoms with Crippen molar-refractivity contribution in [2.24, 2.45) is 0 Å². The fourth-order valence-corrected chi connectivity index (χ4v) is 2.65. The maximum Gasteiger partial charge on any atom is 0.0465 e. The highest BCUT2D eigenvalue weighted by Crippen LogP contribution is 2.25. The van der Waals surface area contributed by atoms with Crippen LogP contribution >= 0.6 is 23.2 Å². The van der Waals surface area contributed by atoms with Crippen LogP contribution in [-0.4, -0.2) is 0 Å². The lowest BCUT2D eigenvalue weighted by Gasteiger charge is -2.16. The van der Waals surface area contributed by atoms with Crippen molar-refractivity contribution >= 4 is 23.2 Å². The molecule has 0 saturated heterocycles. The second-order valence-corrected chi connectivity index (χ2v) is 5.71. The summed E-state index contributed by atoms with van der Waals surface area (Å²) in [5, 5.41) is 4.88. The Labute approximate surface area is 130 Å². The Bertz CT molecular complexity index is 543. The number of rotatable bonds is 5. The van der Waals surface area contributed by atoms with Gasteiger partial charge in [0.2, 0.25) is 0 Å². The smallest absolute Gasteiger partial charge is 0.0465 e. The van der Waals surface area contributed by atoms with E-state index in [0.29, 0.717) is 16.6 Å². The molecule has 0 saturated carbocycles. The number of benzene rings is 2. The molecule has 0 amide bonds. The summed E-state index contributed by atoms with van der Waals surface area (Å²) in [5.74, 6) is 0. The van der Waals surface area contributed by atoms with Crippen molar-refractivity contribution < 1.29 is 0 Å². The molecule has 0 aliphatic carbocycles. The Morgan fingerprint density at radius 1 is 1.00 bits per heavy atom. The Balaban J connectivity index is 2.02. The predicted octanol–water partition coefficient (Wildman–Crippen LogP) is 5.41. The van der Waals surface area contributed by atoms with Crippen molar-refractivity contribution in [3.8, 4) is 0 Å². The van der Waals surface area contributed by atoms with Crippen LogP contribution in [0.2, 0.25) is 10.0 Å². The molecular weight excluding hydrogens is 289 g/mol. The van der Waals surface area contributed by atoms with E-state index >= 15 is 0 Å². The van der Waals surface area contributed by atoms with Crippen LogP contribution in [0, 0.1) is 0 Å². The molecule has 0 radical (unpaired) electrons. The van der Waals surface area contributed by atoms with Crippen LogP contribution in [-0.2, 0) is 13.0 Å². The van der Waals surface area contributed by atoms with Crippen molar-refractivity contribution in [2.75, 3.05) is 0 Å². The highest BCUT2D eigenvalue weighted by atomic mass is 35.5. The second-order valence-electron chi connectivity index (χ2n) is 4.90. The third-order valence-electron chi connectivity index (χ3n) is 3.53. The summed E-state index contributed by atoms with van der Waals surface area (Å²) in [6.07, 6.45) is 1.07. The van der Waals surface area contributed by atoms with Gasteiger partial charge in [-0.25, -0.2) is 0 Å². The van der Waals surface area contributed by atoms with Crippen molar-refractivity contribution in [3.63, 3.8) is 0 Å². The predicted molar refractivity (Wildman–Crippen MR) is 87.5 cm³/mol. The molecule has 2 rings (SSSR count). The molecule has 106 valence electrons. The molecule has 1 atom stereocenters. The fraction of sp³-hybridized carbons (Fsp3) is 0.294. The first-order chi connectivity index (χ1) is 9.61. The highest BCUT2D eigenvalue weighted by Gasteiger charge is 2.09. The average molecular weight is 308 g/mol. The van der Waals surface area contributed by atoms with Gasteiger partial charge in [0.1, 0.15) is 0 Å². The van der Waals surface area contributed by atoms with Gasteiger partial charge in [-0.05, 0) is 36.6 Å². The van der Waals surface area contributed by atoms with Crippen LogP contribution in [0.15, 0.2) is 42.5 Å². The number of halogens is 2. The Morgan fingerprint density at radius 3 is 2.15 bits per heavy atom. The summed E-state index contributed by atoms with van der Waals surface area (Å²) < 4.78 is 0. The molecule has 1 unspecified atom stereocenters. The van der Waals surface area contributed by atoms with Gasteiger partial charge < -0.3 is 5.32 Å². The lowest BCUT2D eigenvalue weighted by atomic mass is 10.0. The molecule has 0 heterocycles. The number of hydrogen-bond acceptors (Lipinski definition) is 1.